The average Bonchev–Trinajstić information content (AvgIpc) is 3.05. The van der Waals surface area contributed by atoms with Gasteiger partial charge < -0.3 is 20.4 Å². The predicted molar refractivity (Wildman–Crippen MR) is 176 cm³/mol. The van der Waals surface area contributed by atoms with Crippen LogP contribution in [0.15, 0.2) is 85.2 Å². The van der Waals surface area contributed by atoms with Crippen LogP contribution in [0.4, 0.5) is 36.3 Å². The van der Waals surface area contributed by atoms with E-state index in [1.165, 1.54) is 12.1 Å². The van der Waals surface area contributed by atoms with Gasteiger partial charge in [-0.25, -0.2) is 15.0 Å². The number of piperidine rings is 1. The molecule has 5 aromatic rings. The monoisotopic (exact) mass is 625 g/mol. The number of aryl methyl sites for hydroxylation is 1. The van der Waals surface area contributed by atoms with Crippen molar-refractivity contribution in [3.63, 3.8) is 0 Å². The van der Waals surface area contributed by atoms with Gasteiger partial charge in [0.05, 0.1) is 23.0 Å². The van der Waals surface area contributed by atoms with Gasteiger partial charge in [-0.05, 0) is 105 Å². The van der Waals surface area contributed by atoms with Crippen molar-refractivity contribution in [3.8, 4) is 11.1 Å². The maximum Gasteiger partial charge on any atom is 0.416 e. The molecule has 0 radical (unpaired) electrons. The molecule has 1 aliphatic rings. The van der Waals surface area contributed by atoms with E-state index < -0.39 is 17.6 Å². The first-order valence-corrected chi connectivity index (χ1v) is 15.0. The molecule has 0 spiro atoms. The summed E-state index contributed by atoms with van der Waals surface area (Å²) >= 11 is 0. The number of carbonyl (C=O) groups is 1. The first-order chi connectivity index (χ1) is 22.0. The van der Waals surface area contributed by atoms with Gasteiger partial charge >= 0.3 is 6.18 Å². The van der Waals surface area contributed by atoms with Crippen molar-refractivity contribution in [1.82, 2.24) is 19.9 Å². The smallest absolute Gasteiger partial charge is 0.357 e. The summed E-state index contributed by atoms with van der Waals surface area (Å²) in [6, 6.07) is 20.2. The van der Waals surface area contributed by atoms with Crippen molar-refractivity contribution in [2.45, 2.75) is 32.0 Å². The van der Waals surface area contributed by atoms with Crippen LogP contribution >= 0.6 is 0 Å². The lowest BCUT2D eigenvalue weighted by Gasteiger charge is -2.35. The molecule has 0 saturated carbocycles. The van der Waals surface area contributed by atoms with E-state index in [4.69, 9.17) is 0 Å². The number of carbonyl (C=O) groups excluding carboxylic acids is 1. The second-order valence-corrected chi connectivity index (χ2v) is 11.7. The van der Waals surface area contributed by atoms with E-state index >= 15 is 0 Å². The molecule has 11 heteroatoms. The molecule has 0 aliphatic carbocycles. The Morgan fingerprint density at radius 3 is 2.41 bits per heavy atom. The number of amides is 1. The number of aromatic nitrogens is 3. The van der Waals surface area contributed by atoms with Crippen LogP contribution in [-0.4, -0.2) is 59.0 Å². The summed E-state index contributed by atoms with van der Waals surface area (Å²) in [6.07, 6.45) is 1.25. The highest BCUT2D eigenvalue weighted by atomic mass is 19.4. The molecule has 0 atom stereocenters. The summed E-state index contributed by atoms with van der Waals surface area (Å²) in [4.78, 5) is 31.2. The lowest BCUT2D eigenvalue weighted by Crippen LogP contribution is -2.42. The summed E-state index contributed by atoms with van der Waals surface area (Å²) in [6.45, 7) is 3.92. The molecule has 236 valence electrons. The largest absolute Gasteiger partial charge is 0.416 e. The predicted octanol–water partition coefficient (Wildman–Crippen LogP) is 7.55. The van der Waals surface area contributed by atoms with Crippen LogP contribution in [0.25, 0.3) is 22.0 Å². The second-order valence-electron chi connectivity index (χ2n) is 11.7. The van der Waals surface area contributed by atoms with Crippen LogP contribution in [0.2, 0.25) is 0 Å². The van der Waals surface area contributed by atoms with Crippen molar-refractivity contribution in [3.05, 3.63) is 102 Å². The summed E-state index contributed by atoms with van der Waals surface area (Å²) in [5.41, 5.74) is 3.79. The van der Waals surface area contributed by atoms with Gasteiger partial charge in [0.1, 0.15) is 5.82 Å². The van der Waals surface area contributed by atoms with E-state index in [1.54, 1.807) is 24.5 Å². The number of nitrogens with one attached hydrogen (secondary N) is 2. The fraction of sp³-hybridized carbons (Fsp3) is 0.257. The average molecular weight is 626 g/mol. The molecule has 1 fully saturated rings. The molecular weight excluding hydrogens is 591 g/mol. The number of alkyl halides is 3. The highest BCUT2D eigenvalue weighted by Gasteiger charge is 2.31. The number of benzene rings is 3. The Morgan fingerprint density at radius 2 is 1.70 bits per heavy atom. The van der Waals surface area contributed by atoms with Gasteiger partial charge in [0.25, 0.3) is 5.91 Å². The van der Waals surface area contributed by atoms with Gasteiger partial charge in [-0.1, -0.05) is 18.2 Å². The molecule has 3 heterocycles. The van der Waals surface area contributed by atoms with E-state index in [1.807, 2.05) is 43.3 Å². The summed E-state index contributed by atoms with van der Waals surface area (Å²) in [5, 5.41) is 6.79. The number of hydrogen-bond donors (Lipinski definition) is 2. The minimum atomic E-state index is -4.53. The van der Waals surface area contributed by atoms with Crippen molar-refractivity contribution >= 4 is 40.0 Å². The molecule has 2 aromatic heterocycles. The van der Waals surface area contributed by atoms with Crippen molar-refractivity contribution < 1.29 is 18.0 Å². The normalized spacial score (nSPS) is 14.1. The van der Waals surface area contributed by atoms with E-state index in [0.717, 1.165) is 77.2 Å². The molecule has 46 heavy (non-hydrogen) atoms. The van der Waals surface area contributed by atoms with E-state index in [9.17, 15) is 18.0 Å². The zero-order valence-electron chi connectivity index (χ0n) is 25.8. The maximum absolute atomic E-state index is 13.1. The Morgan fingerprint density at radius 1 is 0.913 bits per heavy atom. The first kappa shape index (κ1) is 31.0. The summed E-state index contributed by atoms with van der Waals surface area (Å²) in [5.74, 6) is 0.795. The first-order valence-electron chi connectivity index (χ1n) is 15.0. The Balaban J connectivity index is 1.14. The van der Waals surface area contributed by atoms with Crippen molar-refractivity contribution in [2.75, 3.05) is 42.7 Å². The van der Waals surface area contributed by atoms with Gasteiger partial charge in [0.2, 0.25) is 5.95 Å². The second kappa shape index (κ2) is 12.8. The van der Waals surface area contributed by atoms with Crippen LogP contribution in [0.5, 0.6) is 0 Å². The SMILES string of the molecule is Cc1ccc(NC(=O)c2cccc(C(F)(F)F)c2)cc1-c1ccc2nc(Nc3ccc(N4CCC(N(C)C)CC4)nc3)ncc2c1. The Hall–Kier alpha value is -5.03. The van der Waals surface area contributed by atoms with Gasteiger partial charge in [0.15, 0.2) is 0 Å². The van der Waals surface area contributed by atoms with E-state index in [0.29, 0.717) is 17.7 Å². The minimum absolute atomic E-state index is 0.0729. The quantitative estimate of drug-likeness (QED) is 0.193. The molecule has 3 aromatic carbocycles. The third-order valence-electron chi connectivity index (χ3n) is 8.36. The number of anilines is 4. The molecule has 8 nitrogen and oxygen atoms in total. The standard InChI is InChI=1S/C35H34F3N7O/c1-22-7-9-27(41-33(46)24-5-4-6-26(18-24)35(36,37)38)19-30(22)23-8-11-31-25(17-23)20-40-34(43-31)42-28-10-12-32(39-21-28)45-15-13-29(14-16-45)44(2)3/h4-12,17-21,29H,13-16H2,1-3H3,(H,41,46)(H,40,42,43). The maximum atomic E-state index is 13.1. The molecule has 1 amide bonds. The van der Waals surface area contributed by atoms with Crippen molar-refractivity contribution in [1.29, 1.82) is 0 Å². The lowest BCUT2D eigenvalue weighted by atomic mass is 9.98. The molecule has 6 rings (SSSR count). The van der Waals surface area contributed by atoms with Crippen LogP contribution in [0.3, 0.4) is 0 Å². The van der Waals surface area contributed by atoms with E-state index in [2.05, 4.69) is 49.5 Å². The molecular formula is C35H34F3N7O. The summed E-state index contributed by atoms with van der Waals surface area (Å²) < 4.78 is 39.4. The Labute approximate surface area is 265 Å². The van der Waals surface area contributed by atoms with Crippen LogP contribution in [-0.2, 0) is 6.18 Å². The lowest BCUT2D eigenvalue weighted by molar-refractivity contribution is -0.137. The zero-order chi connectivity index (χ0) is 32.4. The van der Waals surface area contributed by atoms with Crippen LogP contribution in [0, 0.1) is 6.92 Å². The molecule has 1 saturated heterocycles. The molecule has 0 bridgehead atoms. The number of rotatable bonds is 7. The fourth-order valence-corrected chi connectivity index (χ4v) is 5.70. The van der Waals surface area contributed by atoms with Crippen LogP contribution < -0.4 is 15.5 Å². The third-order valence-corrected chi connectivity index (χ3v) is 8.36. The topological polar surface area (TPSA) is 86.3 Å². The van der Waals surface area contributed by atoms with E-state index in [-0.39, 0.29) is 5.56 Å². The van der Waals surface area contributed by atoms with Gasteiger partial charge in [-0.15, -0.1) is 0 Å². The minimum Gasteiger partial charge on any atom is -0.357 e. The Bertz CT molecular complexity index is 1870. The Kier molecular flexibility index (Phi) is 8.59. The van der Waals surface area contributed by atoms with Gasteiger partial charge in [-0.2, -0.15) is 13.2 Å². The fourth-order valence-electron chi connectivity index (χ4n) is 5.70. The number of pyridine rings is 1. The number of hydrogen-bond acceptors (Lipinski definition) is 7. The molecule has 2 N–H and O–H groups in total. The zero-order valence-corrected chi connectivity index (χ0v) is 25.8. The highest BCUT2D eigenvalue weighted by molar-refractivity contribution is 6.04. The molecule has 1 aliphatic heterocycles. The third kappa shape index (κ3) is 6.94. The van der Waals surface area contributed by atoms with Gasteiger partial charge in [-0.3, -0.25) is 4.79 Å². The molecule has 0 unspecified atom stereocenters. The number of halogens is 3. The van der Waals surface area contributed by atoms with Crippen LogP contribution in [0.1, 0.15) is 34.3 Å². The van der Waals surface area contributed by atoms with Crippen molar-refractivity contribution in [2.24, 2.45) is 0 Å². The number of nitrogens with zero attached hydrogens (tertiary/aromatic N) is 5. The number of fused-ring (bicyclic) bond motifs is 1. The highest BCUT2D eigenvalue weighted by Crippen LogP contribution is 2.32. The van der Waals surface area contributed by atoms with Gasteiger partial charge in [0, 0.05) is 42.0 Å². The summed E-state index contributed by atoms with van der Waals surface area (Å²) in [7, 11) is 4.26.